The third kappa shape index (κ3) is 6.16. The number of nitrogens with two attached hydrogens (primary N) is 2. The second kappa shape index (κ2) is 11.0. The van der Waals surface area contributed by atoms with Gasteiger partial charge in [-0.25, -0.2) is 0 Å². The van der Waals surface area contributed by atoms with E-state index in [9.17, 15) is 5.26 Å². The van der Waals surface area contributed by atoms with Gasteiger partial charge < -0.3 is 20.9 Å². The van der Waals surface area contributed by atoms with Crippen molar-refractivity contribution in [2.24, 2.45) is 16.5 Å². The Morgan fingerprint density at radius 2 is 1.71 bits per heavy atom. The maximum atomic E-state index is 9.59. The van der Waals surface area contributed by atoms with Crippen molar-refractivity contribution in [3.8, 4) is 6.07 Å². The number of nitrogens with zero attached hydrogens (tertiary/aromatic N) is 2. The average molecular weight is 461 g/mol. The Balaban J connectivity index is 0.000000336. The van der Waals surface area contributed by atoms with E-state index in [0.29, 0.717) is 24.8 Å². The van der Waals surface area contributed by atoms with E-state index in [1.54, 1.807) is 0 Å². The third-order valence-electron chi connectivity index (χ3n) is 6.94. The minimum atomic E-state index is -0.420. The van der Waals surface area contributed by atoms with Gasteiger partial charge in [0.2, 0.25) is 0 Å². The fraction of sp³-hybridized carbons (Fsp3) is 0.500. The molecule has 3 fully saturated rings. The van der Waals surface area contributed by atoms with Crippen molar-refractivity contribution in [3.05, 3.63) is 64.8 Å². The molecule has 1 heterocycles. The number of allylic oxidation sites excluding steroid dienone is 4. The molecule has 0 amide bonds. The molecule has 5 rings (SSSR count). The first-order valence-corrected chi connectivity index (χ1v) is 12.4. The summed E-state index contributed by atoms with van der Waals surface area (Å²) in [5, 5.41) is 9.59. The van der Waals surface area contributed by atoms with E-state index in [2.05, 4.69) is 48.3 Å². The second-order valence-corrected chi connectivity index (χ2v) is 9.58. The highest BCUT2D eigenvalue weighted by molar-refractivity contribution is 6.07. The molecule has 0 bridgehead atoms. The fourth-order valence-corrected chi connectivity index (χ4v) is 4.71. The van der Waals surface area contributed by atoms with Crippen LogP contribution < -0.4 is 11.5 Å². The summed E-state index contributed by atoms with van der Waals surface area (Å²) in [5.41, 5.74) is 16.6. The molecule has 180 valence electrons. The van der Waals surface area contributed by atoms with Gasteiger partial charge in [-0.3, -0.25) is 4.99 Å². The highest BCUT2D eigenvalue weighted by atomic mass is 16.7. The van der Waals surface area contributed by atoms with E-state index >= 15 is 0 Å². The van der Waals surface area contributed by atoms with Crippen molar-refractivity contribution in [2.45, 2.75) is 76.0 Å². The Bertz CT molecular complexity index is 1010. The van der Waals surface area contributed by atoms with E-state index in [-0.39, 0.29) is 17.5 Å². The van der Waals surface area contributed by atoms with Crippen molar-refractivity contribution in [1.82, 2.24) is 0 Å². The molecular weight excluding hydrogens is 424 g/mol. The molecule has 1 aliphatic heterocycles. The average Bonchev–Trinajstić information content (AvgIpc) is 3.62. The molecule has 0 atom stereocenters. The minimum absolute atomic E-state index is 0.0665. The van der Waals surface area contributed by atoms with Gasteiger partial charge in [0.25, 0.3) is 0 Å². The summed E-state index contributed by atoms with van der Waals surface area (Å²) in [5.74, 6) is 0.487. The van der Waals surface area contributed by atoms with Crippen molar-refractivity contribution in [1.29, 1.82) is 5.26 Å². The summed E-state index contributed by atoms with van der Waals surface area (Å²) >= 11 is 0. The van der Waals surface area contributed by atoms with Crippen LogP contribution in [-0.4, -0.2) is 30.9 Å². The second-order valence-electron chi connectivity index (χ2n) is 9.58. The molecule has 3 aliphatic carbocycles. The van der Waals surface area contributed by atoms with Gasteiger partial charge in [-0.1, -0.05) is 48.1 Å². The fourth-order valence-electron chi connectivity index (χ4n) is 4.71. The van der Waals surface area contributed by atoms with Gasteiger partial charge in [0.05, 0.1) is 25.0 Å². The Hall–Kier alpha value is -2.88. The van der Waals surface area contributed by atoms with Crippen LogP contribution in [0.3, 0.4) is 0 Å². The standard InChI is InChI=1S/C21H26N4O2.C7H10/c22-13-18(19(23)16-5-3-15(4-6-16)14-1-2-14)20(24)25-17-7-9-21(10-8-17)26-11-12-27-21;1-7-5-3-2-4-6-7/h3-6,14,17H,1-2,7-12,23H2,(H2,24,25);3,5-6H,2,4H2,1H3/b19-18-;. The molecule has 0 unspecified atom stereocenters. The molecule has 34 heavy (non-hydrogen) atoms. The Morgan fingerprint density at radius 3 is 2.21 bits per heavy atom. The number of hydrogen-bond acceptors (Lipinski definition) is 5. The summed E-state index contributed by atoms with van der Waals surface area (Å²) < 4.78 is 11.5. The molecule has 6 heteroatoms. The van der Waals surface area contributed by atoms with Crippen molar-refractivity contribution < 1.29 is 9.47 Å². The van der Waals surface area contributed by atoms with Crippen molar-refractivity contribution in [3.63, 3.8) is 0 Å². The highest BCUT2D eigenvalue weighted by Gasteiger charge is 2.40. The maximum Gasteiger partial charge on any atom is 0.168 e. The summed E-state index contributed by atoms with van der Waals surface area (Å²) in [6.45, 7) is 3.45. The van der Waals surface area contributed by atoms with Crippen LogP contribution >= 0.6 is 0 Å². The lowest BCUT2D eigenvalue weighted by Crippen LogP contribution is -2.37. The molecule has 2 saturated carbocycles. The van der Waals surface area contributed by atoms with Gasteiger partial charge in [0.15, 0.2) is 5.79 Å². The number of rotatable bonds is 4. The van der Waals surface area contributed by atoms with Crippen LogP contribution in [0.2, 0.25) is 0 Å². The van der Waals surface area contributed by atoms with Crippen molar-refractivity contribution >= 4 is 11.5 Å². The van der Waals surface area contributed by atoms with Gasteiger partial charge in [-0.15, -0.1) is 0 Å². The van der Waals surface area contributed by atoms with Crippen LogP contribution in [0.5, 0.6) is 0 Å². The van der Waals surface area contributed by atoms with Gasteiger partial charge in [-0.05, 0) is 62.5 Å². The molecule has 1 spiro atoms. The molecule has 1 aromatic carbocycles. The molecule has 0 aromatic heterocycles. The normalized spacial score (nSPS) is 22.9. The predicted molar refractivity (Wildman–Crippen MR) is 136 cm³/mol. The predicted octanol–water partition coefficient (Wildman–Crippen LogP) is 5.08. The smallest absolute Gasteiger partial charge is 0.168 e. The lowest BCUT2D eigenvalue weighted by atomic mass is 9.90. The molecular formula is C28H36N4O2. The summed E-state index contributed by atoms with van der Waals surface area (Å²) in [7, 11) is 0. The zero-order valence-electron chi connectivity index (χ0n) is 20.1. The Labute approximate surface area is 203 Å². The van der Waals surface area contributed by atoms with Crippen LogP contribution in [0, 0.1) is 11.3 Å². The quantitative estimate of drug-likeness (QED) is 0.370. The number of hydrogen-bond donors (Lipinski definition) is 2. The topological polar surface area (TPSA) is 107 Å². The summed E-state index contributed by atoms with van der Waals surface area (Å²) in [6.07, 6.45) is 14.9. The van der Waals surface area contributed by atoms with Crippen LogP contribution in [0.4, 0.5) is 0 Å². The monoisotopic (exact) mass is 460 g/mol. The number of amidine groups is 1. The molecule has 4 aliphatic rings. The third-order valence-corrected chi connectivity index (χ3v) is 6.94. The molecule has 4 N–H and O–H groups in total. The molecule has 0 radical (unpaired) electrons. The van der Waals surface area contributed by atoms with Crippen molar-refractivity contribution in [2.75, 3.05) is 13.2 Å². The van der Waals surface area contributed by atoms with E-state index in [1.165, 1.54) is 36.8 Å². The Kier molecular flexibility index (Phi) is 7.87. The number of nitriles is 1. The van der Waals surface area contributed by atoms with Gasteiger partial charge >= 0.3 is 0 Å². The maximum absolute atomic E-state index is 9.59. The lowest BCUT2D eigenvalue weighted by Gasteiger charge is -2.34. The van der Waals surface area contributed by atoms with E-state index in [4.69, 9.17) is 20.9 Å². The zero-order chi connectivity index (χ0) is 24.0. The SMILES string of the molecule is CC1=CCCC=C1.N#C/C(C(N)=NC1CCC2(CC1)OCCO2)=C(/N)c1ccc(C2CC2)cc1. The lowest BCUT2D eigenvalue weighted by molar-refractivity contribution is -0.178. The molecule has 1 saturated heterocycles. The zero-order valence-corrected chi connectivity index (χ0v) is 20.1. The first kappa shape index (κ1) is 24.3. The number of benzene rings is 1. The van der Waals surface area contributed by atoms with Crippen LogP contribution in [0.15, 0.2) is 58.6 Å². The van der Waals surface area contributed by atoms with E-state index in [0.717, 1.165) is 31.2 Å². The molecule has 6 nitrogen and oxygen atoms in total. The van der Waals surface area contributed by atoms with Crippen LogP contribution in [0.25, 0.3) is 5.70 Å². The first-order chi connectivity index (χ1) is 16.5. The number of ether oxygens (including phenoxy) is 2. The summed E-state index contributed by atoms with van der Waals surface area (Å²) in [4.78, 5) is 4.59. The minimum Gasteiger partial charge on any atom is -0.397 e. The van der Waals surface area contributed by atoms with E-state index < -0.39 is 5.79 Å². The van der Waals surface area contributed by atoms with Gasteiger partial charge in [0, 0.05) is 12.8 Å². The van der Waals surface area contributed by atoms with Gasteiger partial charge in [-0.2, -0.15) is 5.26 Å². The Morgan fingerprint density at radius 1 is 1.03 bits per heavy atom. The summed E-state index contributed by atoms with van der Waals surface area (Å²) in [6, 6.07) is 10.3. The van der Waals surface area contributed by atoms with Gasteiger partial charge in [0.1, 0.15) is 17.5 Å². The highest BCUT2D eigenvalue weighted by Crippen LogP contribution is 2.40. The van der Waals surface area contributed by atoms with E-state index in [1.807, 2.05) is 12.1 Å². The molecule has 1 aromatic rings. The number of aliphatic imine (C=N–C) groups is 1. The van der Waals surface area contributed by atoms with Crippen LogP contribution in [0.1, 0.15) is 75.3 Å². The first-order valence-electron chi connectivity index (χ1n) is 12.4. The van der Waals surface area contributed by atoms with Crippen LogP contribution in [-0.2, 0) is 9.47 Å². The largest absolute Gasteiger partial charge is 0.397 e.